The lowest BCUT2D eigenvalue weighted by molar-refractivity contribution is 0.248. The van der Waals surface area contributed by atoms with Gasteiger partial charge >= 0.3 is 0 Å². The normalized spacial score (nSPS) is 18.2. The molecule has 1 aliphatic carbocycles. The summed E-state index contributed by atoms with van der Waals surface area (Å²) in [5, 5.41) is 0.661. The van der Waals surface area contributed by atoms with Crippen molar-refractivity contribution in [3.05, 3.63) is 52.3 Å². The third-order valence-corrected chi connectivity index (χ3v) is 5.09. The van der Waals surface area contributed by atoms with Crippen molar-refractivity contribution in [2.24, 2.45) is 0 Å². The van der Waals surface area contributed by atoms with Crippen LogP contribution in [-0.4, -0.2) is 41.0 Å². The number of aryl methyl sites for hydroxylation is 1. The van der Waals surface area contributed by atoms with Gasteiger partial charge in [0.2, 0.25) is 5.95 Å². The van der Waals surface area contributed by atoms with E-state index in [2.05, 4.69) is 45.1 Å². The molecule has 1 aromatic heterocycles. The molecule has 2 aromatic rings. The molecule has 0 atom stereocenters. The summed E-state index contributed by atoms with van der Waals surface area (Å²) in [5.41, 5.74) is 3.70. The van der Waals surface area contributed by atoms with E-state index >= 15 is 0 Å². The second-order valence-corrected chi connectivity index (χ2v) is 6.70. The number of halogens is 1. The lowest BCUT2D eigenvalue weighted by atomic mass is 10.2. The molecule has 1 saturated heterocycles. The quantitative estimate of drug-likeness (QED) is 0.811. The highest BCUT2D eigenvalue weighted by atomic mass is 35.5. The standard InChI is InChI=1S/C18H21ClN4/c19-17-15-7-4-8-16(15)20-18(21-17)23-11-9-22(10-12-23)13-14-5-2-1-3-6-14/h1-3,5-6H,4,7-13H2. The van der Waals surface area contributed by atoms with E-state index in [0.717, 1.165) is 69.2 Å². The first-order chi connectivity index (χ1) is 11.3. The molecule has 2 aliphatic rings. The van der Waals surface area contributed by atoms with Crippen molar-refractivity contribution in [2.75, 3.05) is 31.1 Å². The van der Waals surface area contributed by atoms with E-state index in [1.165, 1.54) is 5.56 Å². The molecule has 0 N–H and O–H groups in total. The Morgan fingerprint density at radius 3 is 2.52 bits per heavy atom. The van der Waals surface area contributed by atoms with Crippen LogP contribution in [0.1, 0.15) is 23.2 Å². The number of fused-ring (bicyclic) bond motifs is 1. The van der Waals surface area contributed by atoms with E-state index in [1.54, 1.807) is 0 Å². The average molecular weight is 329 g/mol. The summed E-state index contributed by atoms with van der Waals surface area (Å²) < 4.78 is 0. The van der Waals surface area contributed by atoms with Crippen LogP contribution in [0.4, 0.5) is 5.95 Å². The van der Waals surface area contributed by atoms with Crippen molar-refractivity contribution in [3.8, 4) is 0 Å². The molecular formula is C18H21ClN4. The molecule has 0 bridgehead atoms. The second kappa shape index (κ2) is 6.46. The minimum Gasteiger partial charge on any atom is -0.338 e. The molecule has 0 saturated carbocycles. The number of nitrogens with zero attached hydrogens (tertiary/aromatic N) is 4. The van der Waals surface area contributed by atoms with Crippen molar-refractivity contribution < 1.29 is 0 Å². The fraction of sp³-hybridized carbons (Fsp3) is 0.444. The van der Waals surface area contributed by atoms with Gasteiger partial charge in [-0.2, -0.15) is 0 Å². The first-order valence-electron chi connectivity index (χ1n) is 8.36. The average Bonchev–Trinajstić information content (AvgIpc) is 3.06. The van der Waals surface area contributed by atoms with Gasteiger partial charge in [0, 0.05) is 38.3 Å². The highest BCUT2D eigenvalue weighted by Gasteiger charge is 2.23. The number of piperazine rings is 1. The number of aromatic nitrogens is 2. The van der Waals surface area contributed by atoms with Gasteiger partial charge < -0.3 is 4.90 Å². The van der Waals surface area contributed by atoms with Crippen molar-refractivity contribution in [2.45, 2.75) is 25.8 Å². The van der Waals surface area contributed by atoms with E-state index in [4.69, 9.17) is 16.6 Å². The summed E-state index contributed by atoms with van der Waals surface area (Å²) in [7, 11) is 0. The number of benzene rings is 1. The van der Waals surface area contributed by atoms with Gasteiger partial charge in [-0.05, 0) is 24.8 Å². The fourth-order valence-electron chi connectivity index (χ4n) is 3.46. The van der Waals surface area contributed by atoms with Gasteiger partial charge in [0.15, 0.2) is 0 Å². The molecular weight excluding hydrogens is 308 g/mol. The molecule has 5 heteroatoms. The zero-order valence-corrected chi connectivity index (χ0v) is 14.0. The van der Waals surface area contributed by atoms with E-state index < -0.39 is 0 Å². The topological polar surface area (TPSA) is 32.3 Å². The van der Waals surface area contributed by atoms with Gasteiger partial charge in [-0.25, -0.2) is 9.97 Å². The summed E-state index contributed by atoms with van der Waals surface area (Å²) in [6.07, 6.45) is 3.22. The third-order valence-electron chi connectivity index (χ3n) is 4.77. The molecule has 1 fully saturated rings. The van der Waals surface area contributed by atoms with Crippen LogP contribution < -0.4 is 4.90 Å². The highest BCUT2D eigenvalue weighted by Crippen LogP contribution is 2.28. The monoisotopic (exact) mass is 328 g/mol. The Labute approximate surface area is 142 Å². The molecule has 1 aliphatic heterocycles. The van der Waals surface area contributed by atoms with Crippen LogP contribution in [-0.2, 0) is 19.4 Å². The van der Waals surface area contributed by atoms with Gasteiger partial charge in [-0.15, -0.1) is 0 Å². The predicted molar refractivity (Wildman–Crippen MR) is 93.0 cm³/mol. The zero-order chi connectivity index (χ0) is 15.6. The predicted octanol–water partition coefficient (Wildman–Crippen LogP) is 2.94. The van der Waals surface area contributed by atoms with Gasteiger partial charge in [0.05, 0.1) is 5.69 Å². The lowest BCUT2D eigenvalue weighted by Gasteiger charge is -2.35. The first-order valence-corrected chi connectivity index (χ1v) is 8.74. The number of anilines is 1. The second-order valence-electron chi connectivity index (χ2n) is 6.34. The van der Waals surface area contributed by atoms with Crippen molar-refractivity contribution in [1.29, 1.82) is 0 Å². The van der Waals surface area contributed by atoms with Crippen LogP contribution in [0.25, 0.3) is 0 Å². The van der Waals surface area contributed by atoms with E-state index in [9.17, 15) is 0 Å². The number of hydrogen-bond donors (Lipinski definition) is 0. The van der Waals surface area contributed by atoms with Crippen molar-refractivity contribution >= 4 is 17.5 Å². The van der Waals surface area contributed by atoms with Crippen LogP contribution >= 0.6 is 11.6 Å². The molecule has 4 rings (SSSR count). The highest BCUT2D eigenvalue weighted by molar-refractivity contribution is 6.30. The maximum Gasteiger partial charge on any atom is 0.227 e. The Kier molecular flexibility index (Phi) is 4.19. The summed E-state index contributed by atoms with van der Waals surface area (Å²) in [6.45, 7) is 5.00. The minimum absolute atomic E-state index is 0.661. The molecule has 4 nitrogen and oxygen atoms in total. The molecule has 0 radical (unpaired) electrons. The molecule has 0 amide bonds. The van der Waals surface area contributed by atoms with Crippen LogP contribution in [0.3, 0.4) is 0 Å². The zero-order valence-electron chi connectivity index (χ0n) is 13.2. The van der Waals surface area contributed by atoms with Crippen LogP contribution in [0.2, 0.25) is 5.15 Å². The fourth-order valence-corrected chi connectivity index (χ4v) is 3.74. The van der Waals surface area contributed by atoms with Gasteiger partial charge in [0.1, 0.15) is 5.15 Å². The molecule has 0 spiro atoms. The van der Waals surface area contributed by atoms with E-state index in [-0.39, 0.29) is 0 Å². The van der Waals surface area contributed by atoms with Gasteiger partial charge in [0.25, 0.3) is 0 Å². The third kappa shape index (κ3) is 3.19. The Morgan fingerprint density at radius 2 is 1.74 bits per heavy atom. The Morgan fingerprint density at radius 1 is 0.957 bits per heavy atom. The summed E-state index contributed by atoms with van der Waals surface area (Å²) in [5.74, 6) is 0.815. The lowest BCUT2D eigenvalue weighted by Crippen LogP contribution is -2.46. The Balaban J connectivity index is 1.41. The summed E-state index contributed by atoms with van der Waals surface area (Å²) in [6, 6.07) is 10.7. The summed E-state index contributed by atoms with van der Waals surface area (Å²) in [4.78, 5) is 14.1. The minimum atomic E-state index is 0.661. The van der Waals surface area contributed by atoms with Crippen molar-refractivity contribution in [1.82, 2.24) is 14.9 Å². The van der Waals surface area contributed by atoms with Crippen LogP contribution in [0, 0.1) is 0 Å². The van der Waals surface area contributed by atoms with E-state index in [0.29, 0.717) is 5.15 Å². The molecule has 2 heterocycles. The van der Waals surface area contributed by atoms with Crippen LogP contribution in [0.15, 0.2) is 30.3 Å². The van der Waals surface area contributed by atoms with Crippen molar-refractivity contribution in [3.63, 3.8) is 0 Å². The first kappa shape index (κ1) is 14.9. The summed E-state index contributed by atoms with van der Waals surface area (Å²) >= 11 is 6.34. The van der Waals surface area contributed by atoms with Gasteiger partial charge in [-0.1, -0.05) is 41.9 Å². The SMILES string of the molecule is Clc1nc(N2CCN(Cc3ccccc3)CC2)nc2c1CCC2. The Bertz CT molecular complexity index is 681. The maximum absolute atomic E-state index is 6.34. The molecule has 0 unspecified atom stereocenters. The molecule has 1 aromatic carbocycles. The van der Waals surface area contributed by atoms with E-state index in [1.807, 2.05) is 0 Å². The molecule has 23 heavy (non-hydrogen) atoms. The van der Waals surface area contributed by atoms with Gasteiger partial charge in [-0.3, -0.25) is 4.90 Å². The maximum atomic E-state index is 6.34. The number of rotatable bonds is 3. The molecule has 120 valence electrons. The smallest absolute Gasteiger partial charge is 0.227 e. The Hall–Kier alpha value is -1.65. The van der Waals surface area contributed by atoms with Crippen LogP contribution in [0.5, 0.6) is 0 Å². The number of hydrogen-bond acceptors (Lipinski definition) is 4. The largest absolute Gasteiger partial charge is 0.338 e.